The lowest BCUT2D eigenvalue weighted by molar-refractivity contribution is 0.242. The molecule has 8 heteroatoms. The highest BCUT2D eigenvalue weighted by Crippen LogP contribution is 2.25. The summed E-state index contributed by atoms with van der Waals surface area (Å²) >= 11 is 0. The van der Waals surface area contributed by atoms with Gasteiger partial charge < -0.3 is 9.26 Å². The van der Waals surface area contributed by atoms with Crippen LogP contribution in [0.3, 0.4) is 0 Å². The summed E-state index contributed by atoms with van der Waals surface area (Å²) in [5, 5.41) is 3.89. The molecule has 3 aromatic rings. The van der Waals surface area contributed by atoms with Crippen molar-refractivity contribution in [2.75, 3.05) is 11.4 Å². The number of hydrogen-bond donors (Lipinski definition) is 0. The summed E-state index contributed by atoms with van der Waals surface area (Å²) in [6.45, 7) is 6.03. The van der Waals surface area contributed by atoms with Gasteiger partial charge in [-0.3, -0.25) is 4.31 Å². The topological polar surface area (TPSA) is 85.5 Å². The second-order valence-electron chi connectivity index (χ2n) is 6.77. The first-order valence-electron chi connectivity index (χ1n) is 8.88. The van der Waals surface area contributed by atoms with Crippen molar-refractivity contribution in [2.45, 2.75) is 38.2 Å². The first-order chi connectivity index (χ1) is 13.3. The molecule has 1 aromatic heterocycles. The van der Waals surface area contributed by atoms with Crippen LogP contribution in [0.25, 0.3) is 0 Å². The Labute approximate surface area is 165 Å². The molecule has 0 fully saturated rings. The van der Waals surface area contributed by atoms with Crippen LogP contribution in [0.5, 0.6) is 5.75 Å². The van der Waals surface area contributed by atoms with E-state index in [9.17, 15) is 8.42 Å². The van der Waals surface area contributed by atoms with Gasteiger partial charge in [0.15, 0.2) is 12.4 Å². The number of benzene rings is 2. The summed E-state index contributed by atoms with van der Waals surface area (Å²) in [6.07, 6.45) is 0. The zero-order valence-electron chi connectivity index (χ0n) is 16.3. The van der Waals surface area contributed by atoms with Gasteiger partial charge >= 0.3 is 0 Å². The van der Waals surface area contributed by atoms with Crippen LogP contribution in [-0.2, 0) is 16.6 Å². The SMILES string of the molecule is Cc1ccc(S(=O)(=O)N(C)c2ccc(OCc3nc(C(C)C)no3)cc2)cc1. The van der Waals surface area contributed by atoms with Gasteiger partial charge in [0.25, 0.3) is 15.9 Å². The van der Waals surface area contributed by atoms with Crippen molar-refractivity contribution in [3.05, 3.63) is 65.8 Å². The Morgan fingerprint density at radius 2 is 1.71 bits per heavy atom. The van der Waals surface area contributed by atoms with Gasteiger partial charge in [-0.2, -0.15) is 4.98 Å². The van der Waals surface area contributed by atoms with Crippen LogP contribution in [0, 0.1) is 6.92 Å². The lowest BCUT2D eigenvalue weighted by atomic mass is 10.2. The monoisotopic (exact) mass is 401 g/mol. The fraction of sp³-hybridized carbons (Fsp3) is 0.300. The zero-order chi connectivity index (χ0) is 20.3. The maximum absolute atomic E-state index is 12.8. The molecule has 7 nitrogen and oxygen atoms in total. The lowest BCUT2D eigenvalue weighted by Crippen LogP contribution is -2.26. The highest BCUT2D eigenvalue weighted by Gasteiger charge is 2.21. The Balaban J connectivity index is 1.68. The second-order valence-corrected chi connectivity index (χ2v) is 8.74. The fourth-order valence-corrected chi connectivity index (χ4v) is 3.66. The minimum absolute atomic E-state index is 0.149. The van der Waals surface area contributed by atoms with Gasteiger partial charge in [-0.05, 0) is 43.3 Å². The Morgan fingerprint density at radius 1 is 1.07 bits per heavy atom. The van der Waals surface area contributed by atoms with Crippen LogP contribution in [-0.4, -0.2) is 25.6 Å². The molecule has 0 spiro atoms. The van der Waals surface area contributed by atoms with Crippen LogP contribution < -0.4 is 9.04 Å². The van der Waals surface area contributed by atoms with Crippen LogP contribution in [0.1, 0.15) is 37.0 Å². The molecule has 3 rings (SSSR count). The van der Waals surface area contributed by atoms with E-state index in [1.807, 2.05) is 20.8 Å². The Hall–Kier alpha value is -2.87. The van der Waals surface area contributed by atoms with Crippen molar-refractivity contribution in [1.29, 1.82) is 0 Å². The first-order valence-corrected chi connectivity index (χ1v) is 10.3. The molecule has 0 saturated carbocycles. The molecule has 0 aliphatic heterocycles. The van der Waals surface area contributed by atoms with Crippen molar-refractivity contribution in [2.24, 2.45) is 0 Å². The van der Waals surface area contributed by atoms with E-state index in [2.05, 4.69) is 10.1 Å². The van der Waals surface area contributed by atoms with Crippen molar-refractivity contribution >= 4 is 15.7 Å². The third kappa shape index (κ3) is 4.33. The number of ether oxygens (including phenoxy) is 1. The number of aromatic nitrogens is 2. The van der Waals surface area contributed by atoms with Gasteiger partial charge in [-0.1, -0.05) is 36.7 Å². The molecule has 0 atom stereocenters. The van der Waals surface area contributed by atoms with Crippen LogP contribution in [0.15, 0.2) is 57.9 Å². The normalized spacial score (nSPS) is 11.6. The minimum Gasteiger partial charge on any atom is -0.484 e. The molecule has 1 heterocycles. The largest absolute Gasteiger partial charge is 0.484 e. The summed E-state index contributed by atoms with van der Waals surface area (Å²) < 4.78 is 37.5. The number of rotatable bonds is 7. The van der Waals surface area contributed by atoms with Gasteiger partial charge in [-0.15, -0.1) is 0 Å². The standard InChI is InChI=1S/C20H23N3O4S/c1-14(2)20-21-19(27-22-20)13-26-17-9-7-16(8-10-17)23(4)28(24,25)18-11-5-15(3)6-12-18/h5-12,14H,13H2,1-4H3. The number of hydrogen-bond acceptors (Lipinski definition) is 6. The maximum atomic E-state index is 12.8. The van der Waals surface area contributed by atoms with E-state index < -0.39 is 10.0 Å². The molecular formula is C20H23N3O4S. The van der Waals surface area contributed by atoms with Gasteiger partial charge in [0.05, 0.1) is 10.6 Å². The molecule has 28 heavy (non-hydrogen) atoms. The fourth-order valence-electron chi connectivity index (χ4n) is 2.47. The van der Waals surface area contributed by atoms with E-state index >= 15 is 0 Å². The minimum atomic E-state index is -3.62. The maximum Gasteiger partial charge on any atom is 0.264 e. The predicted octanol–water partition coefficient (Wildman–Crippen LogP) is 3.91. The van der Waals surface area contributed by atoms with E-state index in [-0.39, 0.29) is 17.4 Å². The van der Waals surface area contributed by atoms with E-state index in [0.29, 0.717) is 23.2 Å². The first kappa shape index (κ1) is 19.9. The van der Waals surface area contributed by atoms with Crippen molar-refractivity contribution in [1.82, 2.24) is 10.1 Å². The lowest BCUT2D eigenvalue weighted by Gasteiger charge is -2.20. The van der Waals surface area contributed by atoms with Crippen LogP contribution in [0.2, 0.25) is 0 Å². The predicted molar refractivity (Wildman–Crippen MR) is 106 cm³/mol. The van der Waals surface area contributed by atoms with Gasteiger partial charge in [0.2, 0.25) is 0 Å². The molecule has 0 saturated heterocycles. The van der Waals surface area contributed by atoms with Crippen molar-refractivity contribution in [3.8, 4) is 5.75 Å². The summed E-state index contributed by atoms with van der Waals surface area (Å²) in [5.74, 6) is 1.79. The summed E-state index contributed by atoms with van der Waals surface area (Å²) in [4.78, 5) is 4.50. The summed E-state index contributed by atoms with van der Waals surface area (Å²) in [5.41, 5.74) is 1.54. The summed E-state index contributed by atoms with van der Waals surface area (Å²) in [6, 6.07) is 13.6. The van der Waals surface area contributed by atoms with Crippen molar-refractivity contribution < 1.29 is 17.7 Å². The van der Waals surface area contributed by atoms with Gasteiger partial charge in [-0.25, -0.2) is 8.42 Å². The molecule has 0 amide bonds. The van der Waals surface area contributed by atoms with E-state index in [0.717, 1.165) is 5.56 Å². The second kappa shape index (κ2) is 8.02. The highest BCUT2D eigenvalue weighted by atomic mass is 32.2. The zero-order valence-corrected chi connectivity index (χ0v) is 17.1. The quantitative estimate of drug-likeness (QED) is 0.597. The van der Waals surface area contributed by atoms with E-state index in [1.165, 1.54) is 11.4 Å². The Kier molecular flexibility index (Phi) is 5.69. The Bertz CT molecular complexity index is 1030. The smallest absolute Gasteiger partial charge is 0.264 e. The molecule has 0 N–H and O–H groups in total. The third-order valence-electron chi connectivity index (χ3n) is 4.24. The summed E-state index contributed by atoms with van der Waals surface area (Å²) in [7, 11) is -2.10. The van der Waals surface area contributed by atoms with Crippen LogP contribution in [0.4, 0.5) is 5.69 Å². The molecule has 0 bridgehead atoms. The number of nitrogens with zero attached hydrogens (tertiary/aromatic N) is 3. The molecule has 0 unspecified atom stereocenters. The molecule has 0 aliphatic rings. The Morgan fingerprint density at radius 3 is 2.29 bits per heavy atom. The molecule has 0 radical (unpaired) electrons. The number of anilines is 1. The number of sulfonamides is 1. The van der Waals surface area contributed by atoms with Gasteiger partial charge in [0.1, 0.15) is 5.75 Å². The molecular weight excluding hydrogens is 378 g/mol. The average molecular weight is 401 g/mol. The average Bonchev–Trinajstić information content (AvgIpc) is 3.16. The molecule has 148 valence electrons. The number of aryl methyl sites for hydroxylation is 1. The third-order valence-corrected chi connectivity index (χ3v) is 6.04. The van der Waals surface area contributed by atoms with E-state index in [4.69, 9.17) is 9.26 Å². The highest BCUT2D eigenvalue weighted by molar-refractivity contribution is 7.92. The molecule has 0 aliphatic carbocycles. The van der Waals surface area contributed by atoms with Gasteiger partial charge in [0, 0.05) is 13.0 Å². The van der Waals surface area contributed by atoms with Crippen LogP contribution >= 0.6 is 0 Å². The molecule has 2 aromatic carbocycles. The van der Waals surface area contributed by atoms with E-state index in [1.54, 1.807) is 48.5 Å². The van der Waals surface area contributed by atoms with Crippen molar-refractivity contribution in [3.63, 3.8) is 0 Å².